The number of benzene rings is 4. The summed E-state index contributed by atoms with van der Waals surface area (Å²) in [5, 5.41) is 2.77. The number of aryl methyl sites for hydroxylation is 1. The molecule has 0 bridgehead atoms. The molecule has 1 aliphatic heterocycles. The lowest BCUT2D eigenvalue weighted by atomic mass is 10.1. The number of ether oxygens (including phenoxy) is 1. The molecule has 0 aromatic heterocycles. The zero-order valence-electron chi connectivity index (χ0n) is 23.9. The first kappa shape index (κ1) is 30.3. The Labute approximate surface area is 252 Å². The van der Waals surface area contributed by atoms with Crippen LogP contribution >= 0.6 is 0 Å². The number of carbonyl (C=O) groups is 1. The third-order valence-corrected chi connectivity index (χ3v) is 11.0. The lowest BCUT2D eigenvalue weighted by molar-refractivity contribution is 0.102. The van der Waals surface area contributed by atoms with Gasteiger partial charge in [0, 0.05) is 13.1 Å². The zero-order chi connectivity index (χ0) is 30.6. The number of methoxy groups -OCH3 is 1. The van der Waals surface area contributed by atoms with Gasteiger partial charge in [-0.25, -0.2) is 16.8 Å². The van der Waals surface area contributed by atoms with Crippen LogP contribution in [0.5, 0.6) is 5.75 Å². The maximum Gasteiger partial charge on any atom is 0.264 e. The molecular formula is C32H33N3O6S2. The molecule has 1 fully saturated rings. The van der Waals surface area contributed by atoms with E-state index < -0.39 is 26.0 Å². The maximum atomic E-state index is 14.1. The van der Waals surface area contributed by atoms with Crippen molar-refractivity contribution < 1.29 is 26.4 Å². The summed E-state index contributed by atoms with van der Waals surface area (Å²) in [5.41, 5.74) is 2.05. The Balaban J connectivity index is 1.55. The molecule has 0 spiro atoms. The Hall–Kier alpha value is -4.19. The molecule has 224 valence electrons. The summed E-state index contributed by atoms with van der Waals surface area (Å²) < 4.78 is 62.6. The van der Waals surface area contributed by atoms with Gasteiger partial charge in [-0.15, -0.1) is 0 Å². The van der Waals surface area contributed by atoms with Crippen molar-refractivity contribution in [1.29, 1.82) is 0 Å². The number of amides is 1. The maximum absolute atomic E-state index is 14.1. The van der Waals surface area contributed by atoms with Crippen LogP contribution in [0.25, 0.3) is 0 Å². The van der Waals surface area contributed by atoms with Crippen molar-refractivity contribution in [3.8, 4) is 5.75 Å². The third-order valence-electron chi connectivity index (χ3n) is 7.32. The minimum absolute atomic E-state index is 0.0196. The summed E-state index contributed by atoms with van der Waals surface area (Å²) in [5.74, 6) is -0.360. The molecule has 43 heavy (non-hydrogen) atoms. The van der Waals surface area contributed by atoms with Gasteiger partial charge < -0.3 is 10.1 Å². The van der Waals surface area contributed by atoms with Crippen LogP contribution < -0.4 is 14.4 Å². The second-order valence-electron chi connectivity index (χ2n) is 10.3. The number of sulfonamides is 2. The Morgan fingerprint density at radius 3 is 2.14 bits per heavy atom. The second kappa shape index (κ2) is 12.6. The molecule has 0 radical (unpaired) electrons. The van der Waals surface area contributed by atoms with Crippen LogP contribution in [-0.4, -0.2) is 47.2 Å². The van der Waals surface area contributed by atoms with Gasteiger partial charge in [0.25, 0.3) is 15.9 Å². The van der Waals surface area contributed by atoms with Gasteiger partial charge in [0.1, 0.15) is 5.75 Å². The quantitative estimate of drug-likeness (QED) is 0.253. The summed E-state index contributed by atoms with van der Waals surface area (Å²) >= 11 is 0. The van der Waals surface area contributed by atoms with Crippen LogP contribution in [0.1, 0.15) is 34.3 Å². The predicted octanol–water partition coefficient (Wildman–Crippen LogP) is 5.44. The van der Waals surface area contributed by atoms with Gasteiger partial charge >= 0.3 is 0 Å². The molecule has 4 aromatic rings. The van der Waals surface area contributed by atoms with E-state index in [0.717, 1.165) is 24.0 Å². The Bertz CT molecular complexity index is 1820. The highest BCUT2D eigenvalue weighted by atomic mass is 32.2. The first-order valence-electron chi connectivity index (χ1n) is 13.8. The van der Waals surface area contributed by atoms with Gasteiger partial charge in [0.2, 0.25) is 10.0 Å². The molecule has 9 nitrogen and oxygen atoms in total. The van der Waals surface area contributed by atoms with Crippen LogP contribution in [0.3, 0.4) is 0 Å². The van der Waals surface area contributed by atoms with E-state index in [1.165, 1.54) is 40.0 Å². The first-order chi connectivity index (χ1) is 20.6. The van der Waals surface area contributed by atoms with Crippen molar-refractivity contribution in [3.05, 3.63) is 114 Å². The number of rotatable bonds is 10. The summed E-state index contributed by atoms with van der Waals surface area (Å²) in [4.78, 5) is 14.0. The standard InChI is InChI=1S/C32H33N3O6S2/c1-24-14-16-26(17-15-24)43(39,40)35(23-25-10-4-3-5-11-25)30-13-7-6-12-28(30)32(36)33-29-22-27(18-19-31(29)41-2)42(37,38)34-20-8-9-21-34/h3-7,10-19,22H,8-9,20-21,23H2,1-2H3,(H,33,36). The lowest BCUT2D eigenvalue weighted by Crippen LogP contribution is -2.32. The van der Waals surface area contributed by atoms with Gasteiger partial charge in [-0.3, -0.25) is 9.10 Å². The summed E-state index contributed by atoms with van der Waals surface area (Å²) in [6.07, 6.45) is 1.58. The van der Waals surface area contributed by atoms with E-state index in [4.69, 9.17) is 4.74 Å². The van der Waals surface area contributed by atoms with E-state index in [-0.39, 0.29) is 39.0 Å². The average molecular weight is 620 g/mol. The molecule has 1 heterocycles. The molecule has 0 atom stereocenters. The van der Waals surface area contributed by atoms with Crippen LogP contribution in [0.4, 0.5) is 11.4 Å². The Morgan fingerprint density at radius 1 is 0.837 bits per heavy atom. The van der Waals surface area contributed by atoms with E-state index in [0.29, 0.717) is 13.1 Å². The number of carbonyl (C=O) groups excluding carboxylic acids is 1. The largest absolute Gasteiger partial charge is 0.495 e. The normalized spacial score (nSPS) is 13.9. The Kier molecular flexibility index (Phi) is 8.86. The van der Waals surface area contributed by atoms with Crippen molar-refractivity contribution in [2.45, 2.75) is 36.1 Å². The molecule has 0 unspecified atom stereocenters. The third kappa shape index (κ3) is 6.43. The number of nitrogens with one attached hydrogen (secondary N) is 1. The van der Waals surface area contributed by atoms with Crippen molar-refractivity contribution in [3.63, 3.8) is 0 Å². The van der Waals surface area contributed by atoms with Crippen LogP contribution in [0.15, 0.2) is 107 Å². The van der Waals surface area contributed by atoms with Gasteiger partial charge in [0.05, 0.1) is 40.4 Å². The Morgan fingerprint density at radius 2 is 1.47 bits per heavy atom. The number of hydrogen-bond donors (Lipinski definition) is 1. The van der Waals surface area contributed by atoms with E-state index in [1.807, 2.05) is 37.3 Å². The first-order valence-corrected chi connectivity index (χ1v) is 16.7. The SMILES string of the molecule is COc1ccc(S(=O)(=O)N2CCCC2)cc1NC(=O)c1ccccc1N(Cc1ccccc1)S(=O)(=O)c1ccc(C)cc1. The molecule has 1 saturated heterocycles. The van der Waals surface area contributed by atoms with Crippen LogP contribution in [0.2, 0.25) is 0 Å². The lowest BCUT2D eigenvalue weighted by Gasteiger charge is -2.27. The summed E-state index contributed by atoms with van der Waals surface area (Å²) in [6, 6.07) is 26.4. The minimum Gasteiger partial charge on any atom is -0.495 e. The van der Waals surface area contributed by atoms with Crippen molar-refractivity contribution in [1.82, 2.24) is 4.31 Å². The second-order valence-corrected chi connectivity index (χ2v) is 14.1. The molecule has 1 aliphatic rings. The minimum atomic E-state index is -4.10. The van der Waals surface area contributed by atoms with Crippen molar-refractivity contribution in [2.24, 2.45) is 0 Å². The summed E-state index contributed by atoms with van der Waals surface area (Å²) in [6.45, 7) is 2.73. The van der Waals surface area contributed by atoms with Crippen molar-refractivity contribution >= 4 is 37.3 Å². The monoisotopic (exact) mass is 619 g/mol. The molecule has 4 aromatic carbocycles. The highest BCUT2D eigenvalue weighted by Gasteiger charge is 2.30. The number of hydrogen-bond acceptors (Lipinski definition) is 6. The highest BCUT2D eigenvalue weighted by molar-refractivity contribution is 7.92. The topological polar surface area (TPSA) is 113 Å². The van der Waals surface area contributed by atoms with Gasteiger partial charge in [-0.1, -0.05) is 60.2 Å². The predicted molar refractivity (Wildman–Crippen MR) is 166 cm³/mol. The van der Waals surface area contributed by atoms with E-state index >= 15 is 0 Å². The van der Waals surface area contributed by atoms with E-state index in [1.54, 1.807) is 42.5 Å². The zero-order valence-corrected chi connectivity index (χ0v) is 25.6. The van der Waals surface area contributed by atoms with Crippen LogP contribution in [-0.2, 0) is 26.6 Å². The molecule has 0 saturated carbocycles. The number of nitrogens with zero attached hydrogens (tertiary/aromatic N) is 2. The van der Waals surface area contributed by atoms with Gasteiger partial charge in [-0.2, -0.15) is 4.31 Å². The number of para-hydroxylation sites is 1. The average Bonchev–Trinajstić information content (AvgIpc) is 3.57. The smallest absolute Gasteiger partial charge is 0.264 e. The number of anilines is 2. The molecule has 1 N–H and O–H groups in total. The fourth-order valence-corrected chi connectivity index (χ4v) is 8.00. The van der Waals surface area contributed by atoms with E-state index in [9.17, 15) is 21.6 Å². The fraction of sp³-hybridized carbons (Fsp3) is 0.219. The fourth-order valence-electron chi connectivity index (χ4n) is 4.98. The van der Waals surface area contributed by atoms with Crippen LogP contribution in [0, 0.1) is 6.92 Å². The molecular weight excluding hydrogens is 587 g/mol. The van der Waals surface area contributed by atoms with Gasteiger partial charge in [-0.05, 0) is 67.8 Å². The molecule has 1 amide bonds. The highest BCUT2D eigenvalue weighted by Crippen LogP contribution is 2.33. The summed E-state index contributed by atoms with van der Waals surface area (Å²) in [7, 11) is -6.44. The molecule has 0 aliphatic carbocycles. The molecule has 11 heteroatoms. The van der Waals surface area contributed by atoms with Gasteiger partial charge in [0.15, 0.2) is 0 Å². The van der Waals surface area contributed by atoms with Crippen molar-refractivity contribution in [2.75, 3.05) is 29.8 Å². The van der Waals surface area contributed by atoms with E-state index in [2.05, 4.69) is 5.32 Å². The molecule has 5 rings (SSSR count).